The topological polar surface area (TPSA) is 112 Å². The molecule has 158 valence electrons. The number of fused-ring (bicyclic) bond motifs is 1. The van der Waals surface area contributed by atoms with Gasteiger partial charge in [-0.1, -0.05) is 23.2 Å². The molecule has 0 radical (unpaired) electrons. The lowest BCUT2D eigenvalue weighted by atomic mass is 10.1. The predicted molar refractivity (Wildman–Crippen MR) is 110 cm³/mol. The van der Waals surface area contributed by atoms with E-state index in [4.69, 9.17) is 37.1 Å². The lowest BCUT2D eigenvalue weighted by Crippen LogP contribution is -2.30. The average Bonchev–Trinajstić information content (AvgIpc) is 2.71. The summed E-state index contributed by atoms with van der Waals surface area (Å²) in [5, 5.41) is 0.820. The highest BCUT2D eigenvalue weighted by Crippen LogP contribution is 2.25. The molecule has 1 aromatic heterocycles. The molecule has 0 atom stereocenters. The normalized spacial score (nSPS) is 11.4. The number of nitrogens with one attached hydrogen (secondary N) is 1. The van der Waals surface area contributed by atoms with Crippen molar-refractivity contribution < 1.29 is 27.1 Å². The first kappa shape index (κ1) is 22.1. The zero-order valence-electron chi connectivity index (χ0n) is 15.5. The Kier molecular flexibility index (Phi) is 6.67. The zero-order chi connectivity index (χ0) is 21.9. The van der Waals surface area contributed by atoms with Crippen LogP contribution < -0.4 is 15.1 Å². The maximum Gasteiger partial charge on any atom is 0.336 e. The summed E-state index contributed by atoms with van der Waals surface area (Å²) in [5.41, 5.74) is 0.0555. The van der Waals surface area contributed by atoms with Crippen LogP contribution in [-0.4, -0.2) is 28.0 Å². The molecule has 0 aliphatic carbocycles. The molecule has 0 aliphatic heterocycles. The summed E-state index contributed by atoms with van der Waals surface area (Å²) in [5.74, 6) is -0.343. The summed E-state index contributed by atoms with van der Waals surface area (Å²) in [7, 11) is -2.52. The molecule has 1 N–H and O–H groups in total. The van der Waals surface area contributed by atoms with Gasteiger partial charge in [0.25, 0.3) is 0 Å². The molecule has 0 amide bonds. The number of hydrogen-bond acceptors (Lipinski definition) is 7. The minimum Gasteiger partial charge on any atom is -0.497 e. The summed E-state index contributed by atoms with van der Waals surface area (Å²) in [4.78, 5) is 23.6. The molecule has 0 aliphatic rings. The number of benzene rings is 2. The molecule has 30 heavy (non-hydrogen) atoms. The number of esters is 1. The maximum atomic E-state index is 12.3. The number of sulfonamides is 1. The van der Waals surface area contributed by atoms with Crippen molar-refractivity contribution in [2.45, 2.75) is 11.5 Å². The first-order valence-electron chi connectivity index (χ1n) is 8.41. The number of hydrogen-bond donors (Lipinski definition) is 1. The Hall–Kier alpha value is -2.59. The summed E-state index contributed by atoms with van der Waals surface area (Å²) < 4.78 is 42.0. The highest BCUT2D eigenvalue weighted by atomic mass is 35.5. The van der Waals surface area contributed by atoms with E-state index in [9.17, 15) is 18.0 Å². The molecule has 0 saturated carbocycles. The Bertz CT molecular complexity index is 1270. The number of halogens is 2. The van der Waals surface area contributed by atoms with Gasteiger partial charge in [-0.15, -0.1) is 0 Å². The van der Waals surface area contributed by atoms with E-state index in [1.807, 2.05) is 0 Å². The Labute approximate surface area is 181 Å². The number of ether oxygens (including phenoxy) is 2. The second-order valence-corrected chi connectivity index (χ2v) is 8.60. The van der Waals surface area contributed by atoms with Gasteiger partial charge in [-0.25, -0.2) is 13.2 Å². The van der Waals surface area contributed by atoms with Gasteiger partial charge in [-0.3, -0.25) is 4.79 Å². The van der Waals surface area contributed by atoms with Crippen molar-refractivity contribution in [3.63, 3.8) is 0 Å². The Balaban J connectivity index is 1.67. The van der Waals surface area contributed by atoms with Crippen molar-refractivity contribution in [2.24, 2.45) is 0 Å². The Morgan fingerprint density at radius 3 is 2.57 bits per heavy atom. The van der Waals surface area contributed by atoms with Crippen LogP contribution in [0.2, 0.25) is 10.0 Å². The van der Waals surface area contributed by atoms with Gasteiger partial charge >= 0.3 is 11.6 Å². The van der Waals surface area contributed by atoms with Gasteiger partial charge in [-0.05, 0) is 30.3 Å². The van der Waals surface area contributed by atoms with Crippen molar-refractivity contribution in [2.75, 3.05) is 13.7 Å². The van der Waals surface area contributed by atoms with Crippen LogP contribution in [0, 0.1) is 0 Å². The molecule has 2 aromatic carbocycles. The van der Waals surface area contributed by atoms with E-state index >= 15 is 0 Å². The summed E-state index contributed by atoms with van der Waals surface area (Å²) >= 11 is 11.6. The minimum atomic E-state index is -4.00. The van der Waals surface area contributed by atoms with Gasteiger partial charge in [0, 0.05) is 23.1 Å². The zero-order valence-corrected chi connectivity index (χ0v) is 17.8. The van der Waals surface area contributed by atoms with Crippen molar-refractivity contribution in [1.82, 2.24) is 4.72 Å². The van der Waals surface area contributed by atoms with Gasteiger partial charge in [0.1, 0.15) is 24.5 Å². The molecular weight excluding hydrogens is 457 g/mol. The van der Waals surface area contributed by atoms with Crippen molar-refractivity contribution in [1.29, 1.82) is 0 Å². The molecule has 3 aromatic rings. The molecule has 8 nitrogen and oxygen atoms in total. The van der Waals surface area contributed by atoms with E-state index in [1.54, 1.807) is 12.1 Å². The fraction of sp³-hybridized carbons (Fsp3) is 0.158. The minimum absolute atomic E-state index is 0.0635. The van der Waals surface area contributed by atoms with Crippen LogP contribution in [-0.2, 0) is 26.2 Å². The van der Waals surface area contributed by atoms with Crippen LogP contribution in [0.3, 0.4) is 0 Å². The van der Waals surface area contributed by atoms with Crippen molar-refractivity contribution >= 4 is 50.2 Å². The van der Waals surface area contributed by atoms with Crippen LogP contribution in [0.5, 0.6) is 5.75 Å². The molecule has 0 fully saturated rings. The van der Waals surface area contributed by atoms with Crippen LogP contribution in [0.4, 0.5) is 0 Å². The quantitative estimate of drug-likeness (QED) is 0.415. The summed E-state index contributed by atoms with van der Waals surface area (Å²) in [6, 6.07) is 9.81. The van der Waals surface area contributed by atoms with Crippen LogP contribution in [0.15, 0.2) is 56.6 Å². The highest BCUT2D eigenvalue weighted by molar-refractivity contribution is 7.89. The summed E-state index contributed by atoms with van der Waals surface area (Å²) in [6.45, 7) is -0.864. The second-order valence-electron chi connectivity index (χ2n) is 6.01. The third-order valence-corrected chi connectivity index (χ3v) is 6.17. The third kappa shape index (κ3) is 5.11. The second kappa shape index (κ2) is 9.05. The lowest BCUT2D eigenvalue weighted by molar-refractivity contribution is -0.143. The van der Waals surface area contributed by atoms with Gasteiger partial charge in [0.2, 0.25) is 10.0 Å². The molecule has 3 rings (SSSR count). The molecule has 0 spiro atoms. The first-order valence-corrected chi connectivity index (χ1v) is 10.6. The van der Waals surface area contributed by atoms with Crippen LogP contribution >= 0.6 is 23.2 Å². The molecule has 11 heteroatoms. The molecule has 0 unspecified atom stereocenters. The summed E-state index contributed by atoms with van der Waals surface area (Å²) in [6.07, 6.45) is 0. The first-order chi connectivity index (χ1) is 14.2. The van der Waals surface area contributed by atoms with Crippen molar-refractivity contribution in [3.8, 4) is 5.75 Å². The monoisotopic (exact) mass is 471 g/mol. The van der Waals surface area contributed by atoms with Crippen molar-refractivity contribution in [3.05, 3.63) is 68.5 Å². The van der Waals surface area contributed by atoms with Gasteiger partial charge in [0.15, 0.2) is 0 Å². The molecule has 0 bridgehead atoms. The number of carbonyl (C=O) groups is 1. The number of rotatable bonds is 7. The van der Waals surface area contributed by atoms with Gasteiger partial charge in [-0.2, -0.15) is 4.72 Å². The highest BCUT2D eigenvalue weighted by Gasteiger charge is 2.18. The molecule has 1 heterocycles. The van der Waals surface area contributed by atoms with E-state index < -0.39 is 28.2 Å². The predicted octanol–water partition coefficient (Wildman–Crippen LogP) is 3.13. The smallest absolute Gasteiger partial charge is 0.336 e. The number of carbonyl (C=O) groups excluding carboxylic acids is 1. The largest absolute Gasteiger partial charge is 0.497 e. The lowest BCUT2D eigenvalue weighted by Gasteiger charge is -2.10. The van der Waals surface area contributed by atoms with E-state index in [1.165, 1.54) is 37.4 Å². The van der Waals surface area contributed by atoms with E-state index in [2.05, 4.69) is 4.72 Å². The third-order valence-electron chi connectivity index (χ3n) is 4.03. The maximum absolute atomic E-state index is 12.3. The Morgan fingerprint density at radius 1 is 1.10 bits per heavy atom. The average molecular weight is 472 g/mol. The standard InChI is InChI=1S/C19H15Cl2NO7S/c1-27-12-2-4-14-11(6-18(23)29-17(14)7-12)10-28-19(24)9-22-30(25,26)13-3-5-15(20)16(21)8-13/h2-8,22H,9-10H2,1H3. The fourth-order valence-corrected chi connectivity index (χ4v) is 3.90. The fourth-order valence-electron chi connectivity index (χ4n) is 2.55. The van der Waals surface area contributed by atoms with Crippen LogP contribution in [0.1, 0.15) is 5.56 Å². The van der Waals surface area contributed by atoms with E-state index in [0.717, 1.165) is 0 Å². The van der Waals surface area contributed by atoms with Gasteiger partial charge in [0.05, 0.1) is 22.1 Å². The van der Waals surface area contributed by atoms with Crippen LogP contribution in [0.25, 0.3) is 11.0 Å². The Morgan fingerprint density at radius 2 is 1.87 bits per heavy atom. The molecular formula is C19H15Cl2NO7S. The van der Waals surface area contributed by atoms with E-state index in [-0.39, 0.29) is 27.1 Å². The van der Waals surface area contributed by atoms with Gasteiger partial charge < -0.3 is 13.9 Å². The SMILES string of the molecule is COc1ccc2c(COC(=O)CNS(=O)(=O)c3ccc(Cl)c(Cl)c3)cc(=O)oc2c1. The number of methoxy groups -OCH3 is 1. The molecule has 0 saturated heterocycles. The van der Waals surface area contributed by atoms with E-state index in [0.29, 0.717) is 16.7 Å².